The summed E-state index contributed by atoms with van der Waals surface area (Å²) in [6.07, 6.45) is 0. The first-order chi connectivity index (χ1) is 4.22. The Balaban J connectivity index is 2.36. The van der Waals surface area contributed by atoms with Gasteiger partial charge in [-0.2, -0.15) is 0 Å². The van der Waals surface area contributed by atoms with Crippen molar-refractivity contribution in [2.75, 3.05) is 33.8 Å². The molecule has 1 aliphatic heterocycles. The standard InChI is InChI=1S/C6H14N2O/c1-8-4-6(3-7,5-8)9-2/h3-5,7H2,1-2H3. The average molecular weight is 130 g/mol. The maximum absolute atomic E-state index is 5.49. The Morgan fingerprint density at radius 1 is 1.67 bits per heavy atom. The molecule has 0 atom stereocenters. The molecule has 2 N–H and O–H groups in total. The lowest BCUT2D eigenvalue weighted by atomic mass is 9.95. The first-order valence-electron chi connectivity index (χ1n) is 3.16. The van der Waals surface area contributed by atoms with Gasteiger partial charge in [-0.15, -0.1) is 0 Å². The highest BCUT2D eigenvalue weighted by Gasteiger charge is 2.39. The number of rotatable bonds is 2. The van der Waals surface area contributed by atoms with Gasteiger partial charge >= 0.3 is 0 Å². The monoisotopic (exact) mass is 130 g/mol. The van der Waals surface area contributed by atoms with Gasteiger partial charge in [0.15, 0.2) is 0 Å². The lowest BCUT2D eigenvalue weighted by Crippen LogP contribution is -2.64. The van der Waals surface area contributed by atoms with E-state index >= 15 is 0 Å². The molecule has 1 rings (SSSR count). The molecule has 9 heavy (non-hydrogen) atoms. The molecule has 0 saturated carbocycles. The van der Waals surface area contributed by atoms with Crippen molar-refractivity contribution in [3.8, 4) is 0 Å². The Morgan fingerprint density at radius 3 is 2.33 bits per heavy atom. The first kappa shape index (κ1) is 6.99. The van der Waals surface area contributed by atoms with E-state index in [0.717, 1.165) is 13.1 Å². The predicted molar refractivity (Wildman–Crippen MR) is 36.3 cm³/mol. The number of hydrogen-bond acceptors (Lipinski definition) is 3. The van der Waals surface area contributed by atoms with Gasteiger partial charge in [0.05, 0.1) is 0 Å². The Hall–Kier alpha value is -0.120. The van der Waals surface area contributed by atoms with E-state index < -0.39 is 0 Å². The van der Waals surface area contributed by atoms with E-state index in [1.165, 1.54) is 0 Å². The summed E-state index contributed by atoms with van der Waals surface area (Å²) in [4.78, 5) is 2.19. The molecule has 0 spiro atoms. The minimum Gasteiger partial charge on any atom is -0.374 e. The maximum Gasteiger partial charge on any atom is 0.105 e. The van der Waals surface area contributed by atoms with Gasteiger partial charge in [0, 0.05) is 26.7 Å². The third-order valence-electron chi connectivity index (χ3n) is 1.92. The fraction of sp³-hybridized carbons (Fsp3) is 1.00. The van der Waals surface area contributed by atoms with Gasteiger partial charge in [0.1, 0.15) is 5.60 Å². The summed E-state index contributed by atoms with van der Waals surface area (Å²) in [5, 5.41) is 0. The number of nitrogens with two attached hydrogens (primary N) is 1. The molecule has 1 saturated heterocycles. The van der Waals surface area contributed by atoms with E-state index in [-0.39, 0.29) is 5.60 Å². The molecule has 1 aliphatic rings. The molecule has 0 bridgehead atoms. The lowest BCUT2D eigenvalue weighted by Gasteiger charge is -2.46. The van der Waals surface area contributed by atoms with E-state index in [4.69, 9.17) is 10.5 Å². The van der Waals surface area contributed by atoms with Gasteiger partial charge in [0.2, 0.25) is 0 Å². The zero-order chi connectivity index (χ0) is 6.91. The van der Waals surface area contributed by atoms with Crippen LogP contribution in [0, 0.1) is 0 Å². The van der Waals surface area contributed by atoms with Crippen molar-refractivity contribution in [1.82, 2.24) is 4.90 Å². The van der Waals surface area contributed by atoms with Crippen molar-refractivity contribution in [3.05, 3.63) is 0 Å². The smallest absolute Gasteiger partial charge is 0.105 e. The van der Waals surface area contributed by atoms with E-state index in [0.29, 0.717) is 6.54 Å². The van der Waals surface area contributed by atoms with Crippen LogP contribution in [0.1, 0.15) is 0 Å². The number of nitrogens with zero attached hydrogens (tertiary/aromatic N) is 1. The van der Waals surface area contributed by atoms with Gasteiger partial charge in [-0.3, -0.25) is 0 Å². The summed E-state index contributed by atoms with van der Waals surface area (Å²) in [5.41, 5.74) is 5.47. The second kappa shape index (κ2) is 2.25. The second-order valence-electron chi connectivity index (χ2n) is 2.76. The molecule has 0 aromatic carbocycles. The molecule has 1 heterocycles. The van der Waals surface area contributed by atoms with Crippen molar-refractivity contribution in [2.45, 2.75) is 5.60 Å². The van der Waals surface area contributed by atoms with Crippen LogP contribution < -0.4 is 5.73 Å². The molecule has 0 unspecified atom stereocenters. The summed E-state index contributed by atoms with van der Waals surface area (Å²) in [7, 11) is 3.78. The molecule has 0 aromatic rings. The third kappa shape index (κ3) is 1.08. The molecule has 3 nitrogen and oxygen atoms in total. The summed E-state index contributed by atoms with van der Waals surface area (Å²) in [6.45, 7) is 2.58. The van der Waals surface area contributed by atoms with Crippen molar-refractivity contribution in [3.63, 3.8) is 0 Å². The largest absolute Gasteiger partial charge is 0.374 e. The van der Waals surface area contributed by atoms with E-state index in [1.807, 2.05) is 0 Å². The van der Waals surface area contributed by atoms with Crippen LogP contribution in [-0.4, -0.2) is 44.3 Å². The van der Waals surface area contributed by atoms with Crippen LogP contribution in [0.5, 0.6) is 0 Å². The van der Waals surface area contributed by atoms with Gasteiger partial charge in [0.25, 0.3) is 0 Å². The zero-order valence-electron chi connectivity index (χ0n) is 6.05. The molecule has 3 heteroatoms. The minimum absolute atomic E-state index is 0.0191. The highest BCUT2D eigenvalue weighted by molar-refractivity contribution is 4.96. The number of ether oxygens (including phenoxy) is 1. The van der Waals surface area contributed by atoms with Crippen LogP contribution in [-0.2, 0) is 4.74 Å². The molecular formula is C6H14N2O. The highest BCUT2D eigenvalue weighted by Crippen LogP contribution is 2.20. The van der Waals surface area contributed by atoms with E-state index in [2.05, 4.69) is 11.9 Å². The summed E-state index contributed by atoms with van der Waals surface area (Å²) < 4.78 is 5.23. The molecule has 0 amide bonds. The SMILES string of the molecule is COC1(CN)CN(C)C1. The fourth-order valence-electron chi connectivity index (χ4n) is 1.28. The third-order valence-corrected chi connectivity index (χ3v) is 1.92. The molecule has 0 aromatic heterocycles. The average Bonchev–Trinajstić information content (AvgIpc) is 1.81. The van der Waals surface area contributed by atoms with Crippen molar-refractivity contribution in [1.29, 1.82) is 0 Å². The van der Waals surface area contributed by atoms with Crippen molar-refractivity contribution < 1.29 is 4.74 Å². The number of hydrogen-bond donors (Lipinski definition) is 1. The van der Waals surface area contributed by atoms with E-state index in [1.54, 1.807) is 7.11 Å². The van der Waals surface area contributed by atoms with Crippen LogP contribution in [0.4, 0.5) is 0 Å². The maximum atomic E-state index is 5.49. The topological polar surface area (TPSA) is 38.5 Å². The number of likely N-dealkylation sites (tertiary alicyclic amines) is 1. The van der Waals surface area contributed by atoms with E-state index in [9.17, 15) is 0 Å². The van der Waals surface area contributed by atoms with Crippen molar-refractivity contribution >= 4 is 0 Å². The first-order valence-corrected chi connectivity index (χ1v) is 3.16. The lowest BCUT2D eigenvalue weighted by molar-refractivity contribution is -0.107. The minimum atomic E-state index is -0.0191. The molecular weight excluding hydrogens is 116 g/mol. The Labute approximate surface area is 55.8 Å². The van der Waals surface area contributed by atoms with Crippen LogP contribution in [0.15, 0.2) is 0 Å². The summed E-state index contributed by atoms with van der Waals surface area (Å²) in [5.74, 6) is 0. The molecule has 0 aliphatic carbocycles. The zero-order valence-corrected chi connectivity index (χ0v) is 6.05. The Bertz CT molecular complexity index is 93.2. The van der Waals surface area contributed by atoms with Crippen LogP contribution in [0.25, 0.3) is 0 Å². The molecule has 1 fully saturated rings. The molecule has 54 valence electrons. The van der Waals surface area contributed by atoms with Gasteiger partial charge in [-0.1, -0.05) is 0 Å². The van der Waals surface area contributed by atoms with Gasteiger partial charge in [-0.05, 0) is 7.05 Å². The fourth-order valence-corrected chi connectivity index (χ4v) is 1.28. The number of likely N-dealkylation sites (N-methyl/N-ethyl adjacent to an activating group) is 1. The Kier molecular flexibility index (Phi) is 1.75. The Morgan fingerprint density at radius 2 is 2.22 bits per heavy atom. The van der Waals surface area contributed by atoms with Crippen molar-refractivity contribution in [2.24, 2.45) is 5.73 Å². The highest BCUT2D eigenvalue weighted by atomic mass is 16.5. The van der Waals surface area contributed by atoms with Gasteiger partial charge in [-0.25, -0.2) is 0 Å². The van der Waals surface area contributed by atoms with Crippen LogP contribution in [0.2, 0.25) is 0 Å². The molecule has 0 radical (unpaired) electrons. The van der Waals surface area contributed by atoms with Crippen LogP contribution in [0.3, 0.4) is 0 Å². The van der Waals surface area contributed by atoms with Crippen LogP contribution >= 0.6 is 0 Å². The number of methoxy groups -OCH3 is 1. The predicted octanol–water partition coefficient (Wildman–Crippen LogP) is -0.724. The summed E-state index contributed by atoms with van der Waals surface area (Å²) in [6, 6.07) is 0. The summed E-state index contributed by atoms with van der Waals surface area (Å²) >= 11 is 0. The van der Waals surface area contributed by atoms with Gasteiger partial charge < -0.3 is 15.4 Å². The quantitative estimate of drug-likeness (QED) is 0.536. The second-order valence-corrected chi connectivity index (χ2v) is 2.76. The normalized spacial score (nSPS) is 25.7.